The number of fused-ring (bicyclic) bond motifs is 1. The molecule has 0 radical (unpaired) electrons. The van der Waals surface area contributed by atoms with Gasteiger partial charge in [-0.3, -0.25) is 0 Å². The van der Waals surface area contributed by atoms with Gasteiger partial charge in [-0.25, -0.2) is 9.37 Å². The van der Waals surface area contributed by atoms with Gasteiger partial charge in [-0.1, -0.05) is 6.07 Å². The van der Waals surface area contributed by atoms with Crippen molar-refractivity contribution in [2.24, 2.45) is 5.73 Å². The smallest absolute Gasteiger partial charge is 0.136 e. The second kappa shape index (κ2) is 4.53. The second-order valence-corrected chi connectivity index (χ2v) is 4.82. The van der Waals surface area contributed by atoms with Gasteiger partial charge in [-0.2, -0.15) is 0 Å². The topological polar surface area (TPSA) is 42.1 Å². The molecule has 1 aliphatic heterocycles. The number of nitrogens with zero attached hydrogens (tertiary/aromatic N) is 2. The number of anilines is 1. The van der Waals surface area contributed by atoms with Crippen LogP contribution >= 0.6 is 0 Å². The van der Waals surface area contributed by atoms with Gasteiger partial charge in [0.2, 0.25) is 0 Å². The third-order valence-electron chi connectivity index (χ3n) is 3.55. The lowest BCUT2D eigenvalue weighted by Gasteiger charge is -2.31. The molecule has 1 fully saturated rings. The van der Waals surface area contributed by atoms with Gasteiger partial charge in [0.25, 0.3) is 0 Å². The maximum absolute atomic E-state index is 13.4. The molecule has 1 aliphatic rings. The van der Waals surface area contributed by atoms with E-state index in [4.69, 9.17) is 5.73 Å². The fourth-order valence-corrected chi connectivity index (χ4v) is 2.49. The fourth-order valence-electron chi connectivity index (χ4n) is 2.49. The van der Waals surface area contributed by atoms with Crippen LogP contribution in [-0.2, 0) is 0 Å². The molecule has 3 nitrogen and oxygen atoms in total. The van der Waals surface area contributed by atoms with E-state index in [1.54, 1.807) is 18.3 Å². The largest absolute Gasteiger partial charge is 0.356 e. The third kappa shape index (κ3) is 2.04. The first-order valence-electron chi connectivity index (χ1n) is 6.29. The molecule has 0 bridgehead atoms. The van der Waals surface area contributed by atoms with E-state index >= 15 is 0 Å². The average Bonchev–Trinajstić information content (AvgIpc) is 2.39. The standard InChI is InChI=1S/C14H16FN3/c15-11-2-1-10-3-6-17-14(13(10)9-11)18-7-4-12(16)5-8-18/h1-3,6,9,12H,4-5,7-8,16H2. The zero-order valence-corrected chi connectivity index (χ0v) is 10.1. The van der Waals surface area contributed by atoms with Crippen LogP contribution in [0.5, 0.6) is 0 Å². The number of piperidine rings is 1. The second-order valence-electron chi connectivity index (χ2n) is 4.82. The van der Waals surface area contributed by atoms with Gasteiger partial charge in [-0.15, -0.1) is 0 Å². The number of pyridine rings is 1. The zero-order chi connectivity index (χ0) is 12.5. The third-order valence-corrected chi connectivity index (χ3v) is 3.55. The molecule has 2 N–H and O–H groups in total. The minimum absolute atomic E-state index is 0.217. The van der Waals surface area contributed by atoms with Crippen LogP contribution in [0.1, 0.15) is 12.8 Å². The SMILES string of the molecule is NC1CCN(c2nccc3ccc(F)cc23)CC1. The molecule has 0 atom stereocenters. The van der Waals surface area contributed by atoms with Crippen LogP contribution in [0.4, 0.5) is 10.2 Å². The summed E-state index contributed by atoms with van der Waals surface area (Å²) < 4.78 is 13.4. The molecule has 2 aromatic rings. The highest BCUT2D eigenvalue weighted by Gasteiger charge is 2.18. The number of rotatable bonds is 1. The quantitative estimate of drug-likeness (QED) is 0.838. The van der Waals surface area contributed by atoms with E-state index in [0.29, 0.717) is 0 Å². The van der Waals surface area contributed by atoms with Gasteiger partial charge >= 0.3 is 0 Å². The van der Waals surface area contributed by atoms with Crippen LogP contribution in [0.3, 0.4) is 0 Å². The summed E-state index contributed by atoms with van der Waals surface area (Å²) in [7, 11) is 0. The Morgan fingerprint density at radius 3 is 2.78 bits per heavy atom. The Morgan fingerprint density at radius 1 is 1.22 bits per heavy atom. The van der Waals surface area contributed by atoms with E-state index < -0.39 is 0 Å². The van der Waals surface area contributed by atoms with Crippen molar-refractivity contribution >= 4 is 16.6 Å². The van der Waals surface area contributed by atoms with E-state index in [2.05, 4.69) is 9.88 Å². The first-order valence-corrected chi connectivity index (χ1v) is 6.29. The lowest BCUT2D eigenvalue weighted by atomic mass is 10.1. The normalized spacial score (nSPS) is 17.3. The van der Waals surface area contributed by atoms with Crippen molar-refractivity contribution in [3.63, 3.8) is 0 Å². The Balaban J connectivity index is 2.03. The van der Waals surface area contributed by atoms with Gasteiger partial charge < -0.3 is 10.6 Å². The summed E-state index contributed by atoms with van der Waals surface area (Å²) >= 11 is 0. The van der Waals surface area contributed by atoms with Crippen LogP contribution in [0.2, 0.25) is 0 Å². The average molecular weight is 245 g/mol. The van der Waals surface area contributed by atoms with E-state index in [1.165, 1.54) is 6.07 Å². The van der Waals surface area contributed by atoms with Crippen molar-refractivity contribution < 1.29 is 4.39 Å². The van der Waals surface area contributed by atoms with Crippen LogP contribution in [0.25, 0.3) is 10.8 Å². The minimum atomic E-state index is -0.217. The highest BCUT2D eigenvalue weighted by Crippen LogP contribution is 2.27. The van der Waals surface area contributed by atoms with Gasteiger partial charge in [0, 0.05) is 30.7 Å². The van der Waals surface area contributed by atoms with Crippen molar-refractivity contribution in [2.75, 3.05) is 18.0 Å². The zero-order valence-electron chi connectivity index (χ0n) is 10.1. The number of benzene rings is 1. The summed E-state index contributed by atoms with van der Waals surface area (Å²) in [5.41, 5.74) is 5.90. The number of aromatic nitrogens is 1. The monoisotopic (exact) mass is 245 g/mol. The minimum Gasteiger partial charge on any atom is -0.356 e. The highest BCUT2D eigenvalue weighted by atomic mass is 19.1. The lowest BCUT2D eigenvalue weighted by Crippen LogP contribution is -2.40. The molecule has 4 heteroatoms. The molecular weight excluding hydrogens is 229 g/mol. The molecule has 94 valence electrons. The Kier molecular flexibility index (Phi) is 2.88. The van der Waals surface area contributed by atoms with E-state index in [0.717, 1.165) is 42.5 Å². The van der Waals surface area contributed by atoms with Crippen LogP contribution < -0.4 is 10.6 Å². The van der Waals surface area contributed by atoms with E-state index in [1.807, 2.05) is 6.07 Å². The molecule has 1 aromatic heterocycles. The predicted octanol–water partition coefficient (Wildman–Crippen LogP) is 2.30. The Hall–Kier alpha value is -1.68. The predicted molar refractivity (Wildman–Crippen MR) is 71.1 cm³/mol. The van der Waals surface area contributed by atoms with Crippen LogP contribution in [0.15, 0.2) is 30.5 Å². The molecule has 2 heterocycles. The molecule has 0 saturated carbocycles. The van der Waals surface area contributed by atoms with Gasteiger partial charge in [0.05, 0.1) is 0 Å². The maximum atomic E-state index is 13.4. The molecular formula is C14H16FN3. The number of hydrogen-bond acceptors (Lipinski definition) is 3. The Bertz CT molecular complexity index is 562. The number of hydrogen-bond donors (Lipinski definition) is 1. The van der Waals surface area contributed by atoms with E-state index in [-0.39, 0.29) is 11.9 Å². The highest BCUT2D eigenvalue weighted by molar-refractivity contribution is 5.92. The Morgan fingerprint density at radius 2 is 2.00 bits per heavy atom. The number of nitrogens with two attached hydrogens (primary N) is 1. The molecule has 1 saturated heterocycles. The molecule has 0 unspecified atom stereocenters. The first kappa shape index (κ1) is 11.4. The summed E-state index contributed by atoms with van der Waals surface area (Å²) in [6.07, 6.45) is 3.71. The van der Waals surface area contributed by atoms with Crippen LogP contribution in [-0.4, -0.2) is 24.1 Å². The van der Waals surface area contributed by atoms with Crippen molar-refractivity contribution in [3.05, 3.63) is 36.3 Å². The van der Waals surface area contributed by atoms with Gasteiger partial charge in [0.1, 0.15) is 11.6 Å². The fraction of sp³-hybridized carbons (Fsp3) is 0.357. The summed E-state index contributed by atoms with van der Waals surface area (Å²) in [6.45, 7) is 1.79. The maximum Gasteiger partial charge on any atom is 0.136 e. The molecule has 1 aromatic carbocycles. The number of halogens is 1. The summed E-state index contributed by atoms with van der Waals surface area (Å²) in [5, 5.41) is 1.91. The summed E-state index contributed by atoms with van der Waals surface area (Å²) in [4.78, 5) is 6.61. The first-order chi connectivity index (χ1) is 8.74. The van der Waals surface area contributed by atoms with Gasteiger partial charge in [-0.05, 0) is 36.4 Å². The Labute approximate surface area is 105 Å². The van der Waals surface area contributed by atoms with E-state index in [9.17, 15) is 4.39 Å². The van der Waals surface area contributed by atoms with Crippen LogP contribution in [0, 0.1) is 5.82 Å². The lowest BCUT2D eigenvalue weighted by molar-refractivity contribution is 0.499. The van der Waals surface area contributed by atoms with Crippen molar-refractivity contribution in [1.29, 1.82) is 0 Å². The molecule has 3 rings (SSSR count). The van der Waals surface area contributed by atoms with Crippen molar-refractivity contribution in [2.45, 2.75) is 18.9 Å². The van der Waals surface area contributed by atoms with Gasteiger partial charge in [0.15, 0.2) is 0 Å². The van der Waals surface area contributed by atoms with Crippen molar-refractivity contribution in [1.82, 2.24) is 4.98 Å². The molecule has 0 amide bonds. The summed E-state index contributed by atoms with van der Waals surface area (Å²) in [5.74, 6) is 0.657. The summed E-state index contributed by atoms with van der Waals surface area (Å²) in [6, 6.07) is 7.04. The van der Waals surface area contributed by atoms with Crippen molar-refractivity contribution in [3.8, 4) is 0 Å². The molecule has 18 heavy (non-hydrogen) atoms. The molecule has 0 spiro atoms. The molecule has 0 aliphatic carbocycles.